The molecule has 2 unspecified atom stereocenters. The van der Waals surface area contributed by atoms with Gasteiger partial charge in [-0.2, -0.15) is 26.3 Å². The number of alkyl halides is 6. The Kier molecular flexibility index (Phi) is 6.16. The number of rotatable bonds is 5. The zero-order valence-corrected chi connectivity index (χ0v) is 11.1. The minimum atomic E-state index is -4.23. The van der Waals surface area contributed by atoms with Gasteiger partial charge in [0.25, 0.3) is 0 Å². The highest BCUT2D eigenvalue weighted by Gasteiger charge is 2.35. The summed E-state index contributed by atoms with van der Waals surface area (Å²) in [5.41, 5.74) is 0. The van der Waals surface area contributed by atoms with E-state index in [-0.39, 0.29) is 37.2 Å². The number of hydrogen-bond acceptors (Lipinski definition) is 1. The van der Waals surface area contributed by atoms with Crippen LogP contribution in [0.1, 0.15) is 44.9 Å². The van der Waals surface area contributed by atoms with Gasteiger partial charge in [-0.25, -0.2) is 0 Å². The zero-order valence-electron chi connectivity index (χ0n) is 11.1. The number of aliphatic hydroxyl groups is 1. The molecule has 20 heavy (non-hydrogen) atoms. The van der Waals surface area contributed by atoms with E-state index in [0.717, 1.165) is 0 Å². The maximum absolute atomic E-state index is 12.2. The molecule has 120 valence electrons. The van der Waals surface area contributed by atoms with Gasteiger partial charge in [0, 0.05) is 19.4 Å². The van der Waals surface area contributed by atoms with Crippen LogP contribution in [0.5, 0.6) is 0 Å². The summed E-state index contributed by atoms with van der Waals surface area (Å²) in [5.74, 6) is -0.637. The smallest absolute Gasteiger partial charge is 0.389 e. The van der Waals surface area contributed by atoms with Gasteiger partial charge in [0.15, 0.2) is 0 Å². The molecule has 1 fully saturated rings. The molecule has 0 amide bonds. The average molecular weight is 306 g/mol. The first kappa shape index (κ1) is 17.6. The molecule has 0 aromatic heterocycles. The van der Waals surface area contributed by atoms with Crippen molar-refractivity contribution >= 4 is 0 Å². The fourth-order valence-electron chi connectivity index (χ4n) is 3.06. The summed E-state index contributed by atoms with van der Waals surface area (Å²) in [6, 6.07) is 0. The zero-order chi connectivity index (χ0) is 15.4. The first-order chi connectivity index (χ1) is 9.09. The molecule has 0 spiro atoms. The normalized spacial score (nSPS) is 28.6. The van der Waals surface area contributed by atoms with Crippen LogP contribution in [0.4, 0.5) is 26.3 Å². The average Bonchev–Trinajstić information content (AvgIpc) is 2.32. The van der Waals surface area contributed by atoms with Crippen molar-refractivity contribution in [3.63, 3.8) is 0 Å². The summed E-state index contributed by atoms with van der Waals surface area (Å²) in [6.07, 6.45) is -9.00. The molecule has 0 saturated heterocycles. The Bertz CT molecular complexity index is 260. The van der Waals surface area contributed by atoms with Crippen molar-refractivity contribution in [2.75, 3.05) is 6.61 Å². The van der Waals surface area contributed by atoms with Crippen LogP contribution in [0, 0.1) is 17.8 Å². The molecule has 0 aliphatic heterocycles. The first-order valence-electron chi connectivity index (χ1n) is 6.83. The van der Waals surface area contributed by atoms with E-state index in [4.69, 9.17) is 5.11 Å². The molecule has 1 rings (SSSR count). The second-order valence-electron chi connectivity index (χ2n) is 5.80. The number of hydrogen-bond donors (Lipinski definition) is 1. The quantitative estimate of drug-likeness (QED) is 0.730. The van der Waals surface area contributed by atoms with Gasteiger partial charge in [0.2, 0.25) is 0 Å². The Morgan fingerprint density at radius 3 is 1.35 bits per heavy atom. The third kappa shape index (κ3) is 7.36. The second-order valence-corrected chi connectivity index (χ2v) is 5.80. The lowest BCUT2D eigenvalue weighted by atomic mass is 9.72. The highest BCUT2D eigenvalue weighted by molar-refractivity contribution is 4.80. The van der Waals surface area contributed by atoms with Gasteiger partial charge in [-0.05, 0) is 49.9 Å². The Morgan fingerprint density at radius 2 is 1.05 bits per heavy atom. The third-order valence-electron chi connectivity index (χ3n) is 3.93. The van der Waals surface area contributed by atoms with Gasteiger partial charge in [0.05, 0.1) is 0 Å². The monoisotopic (exact) mass is 306 g/mol. The Balaban J connectivity index is 2.47. The Morgan fingerprint density at radius 1 is 0.700 bits per heavy atom. The lowest BCUT2D eigenvalue weighted by molar-refractivity contribution is -0.141. The molecule has 0 aromatic carbocycles. The summed E-state index contributed by atoms with van der Waals surface area (Å²) in [5, 5.41) is 9.14. The van der Waals surface area contributed by atoms with Crippen molar-refractivity contribution < 1.29 is 31.4 Å². The summed E-state index contributed by atoms with van der Waals surface area (Å²) in [4.78, 5) is 0. The van der Waals surface area contributed by atoms with Crippen LogP contribution in [0.3, 0.4) is 0 Å². The predicted octanol–water partition coefficient (Wildman–Crippen LogP) is 4.70. The van der Waals surface area contributed by atoms with Crippen molar-refractivity contribution in [3.05, 3.63) is 0 Å². The fourth-order valence-corrected chi connectivity index (χ4v) is 3.06. The van der Waals surface area contributed by atoms with Gasteiger partial charge in [-0.1, -0.05) is 0 Å². The molecule has 7 heteroatoms. The van der Waals surface area contributed by atoms with Crippen molar-refractivity contribution in [2.24, 2.45) is 17.8 Å². The molecule has 1 aliphatic carbocycles. The maximum atomic E-state index is 12.2. The topological polar surface area (TPSA) is 20.2 Å². The molecule has 1 saturated carbocycles. The molecular formula is C13H20F6O. The SMILES string of the molecule is OCC1CC(CCC(F)(F)F)CC(CCC(F)(F)F)C1. The molecule has 0 heterocycles. The lowest BCUT2D eigenvalue weighted by Gasteiger charge is -2.34. The molecule has 2 atom stereocenters. The van der Waals surface area contributed by atoms with E-state index in [2.05, 4.69) is 0 Å². The number of aliphatic hydroxyl groups excluding tert-OH is 1. The van der Waals surface area contributed by atoms with Crippen molar-refractivity contribution in [1.82, 2.24) is 0 Å². The largest absolute Gasteiger partial charge is 0.396 e. The van der Waals surface area contributed by atoms with Crippen LogP contribution in [0.25, 0.3) is 0 Å². The summed E-state index contributed by atoms with van der Waals surface area (Å²) in [6.45, 7) is -0.162. The Hall–Kier alpha value is -0.460. The van der Waals surface area contributed by atoms with E-state index >= 15 is 0 Å². The highest BCUT2D eigenvalue weighted by Crippen LogP contribution is 2.40. The minimum absolute atomic E-state index is 0.0531. The molecule has 0 aromatic rings. The molecular weight excluding hydrogens is 286 g/mol. The van der Waals surface area contributed by atoms with Crippen LogP contribution in [-0.4, -0.2) is 24.1 Å². The maximum Gasteiger partial charge on any atom is 0.389 e. The van der Waals surface area contributed by atoms with Gasteiger partial charge in [-0.3, -0.25) is 0 Å². The third-order valence-corrected chi connectivity index (χ3v) is 3.93. The molecule has 1 nitrogen and oxygen atoms in total. The van der Waals surface area contributed by atoms with Crippen LogP contribution in [-0.2, 0) is 0 Å². The standard InChI is InChI=1S/C13H20F6O/c14-12(15,16)3-1-9-5-10(2-4-13(17,18)19)7-11(6-9)8-20/h9-11,20H,1-8H2. The van der Waals surface area contributed by atoms with E-state index in [9.17, 15) is 26.3 Å². The van der Waals surface area contributed by atoms with E-state index in [1.165, 1.54) is 0 Å². The van der Waals surface area contributed by atoms with Gasteiger partial charge < -0.3 is 5.11 Å². The highest BCUT2D eigenvalue weighted by atomic mass is 19.4. The first-order valence-corrected chi connectivity index (χ1v) is 6.83. The van der Waals surface area contributed by atoms with Crippen LogP contribution < -0.4 is 0 Å². The van der Waals surface area contributed by atoms with Crippen molar-refractivity contribution in [3.8, 4) is 0 Å². The Labute approximate surface area is 114 Å². The van der Waals surface area contributed by atoms with Crippen molar-refractivity contribution in [1.29, 1.82) is 0 Å². The summed E-state index contributed by atoms with van der Waals surface area (Å²) < 4.78 is 73.2. The summed E-state index contributed by atoms with van der Waals surface area (Å²) in [7, 11) is 0. The summed E-state index contributed by atoms with van der Waals surface area (Å²) >= 11 is 0. The van der Waals surface area contributed by atoms with Crippen LogP contribution in [0.15, 0.2) is 0 Å². The van der Waals surface area contributed by atoms with E-state index in [0.29, 0.717) is 19.3 Å². The van der Waals surface area contributed by atoms with E-state index in [1.54, 1.807) is 0 Å². The molecule has 0 bridgehead atoms. The predicted molar refractivity (Wildman–Crippen MR) is 62.0 cm³/mol. The second kappa shape index (κ2) is 7.00. The van der Waals surface area contributed by atoms with Gasteiger partial charge >= 0.3 is 12.4 Å². The number of halogens is 6. The van der Waals surface area contributed by atoms with Crippen molar-refractivity contribution in [2.45, 2.75) is 57.3 Å². The van der Waals surface area contributed by atoms with Crippen LogP contribution >= 0.6 is 0 Å². The van der Waals surface area contributed by atoms with Gasteiger partial charge in [-0.15, -0.1) is 0 Å². The molecule has 0 radical (unpaired) electrons. The van der Waals surface area contributed by atoms with Gasteiger partial charge in [0.1, 0.15) is 0 Å². The molecule has 1 aliphatic rings. The van der Waals surface area contributed by atoms with Crippen LogP contribution in [0.2, 0.25) is 0 Å². The molecule has 1 N–H and O–H groups in total. The lowest BCUT2D eigenvalue weighted by Crippen LogP contribution is -2.27. The minimum Gasteiger partial charge on any atom is -0.396 e. The van der Waals surface area contributed by atoms with E-state index in [1.807, 2.05) is 0 Å². The fraction of sp³-hybridized carbons (Fsp3) is 1.00. The van der Waals surface area contributed by atoms with E-state index < -0.39 is 25.2 Å².